The Hall–Kier alpha value is -0.860. The smallest absolute Gasteiger partial charge is 0.315 e. The first-order chi connectivity index (χ1) is 10.0. The summed E-state index contributed by atoms with van der Waals surface area (Å²) >= 11 is 0. The Morgan fingerprint density at radius 1 is 1.32 bits per heavy atom. The van der Waals surface area contributed by atoms with Gasteiger partial charge in [-0.25, -0.2) is 17.9 Å². The third kappa shape index (κ3) is 4.57. The van der Waals surface area contributed by atoms with Crippen LogP contribution < -0.4 is 15.4 Å². The topological polar surface area (TPSA) is 96.5 Å². The standard InChI is InChI=1S/C14H29N3O4S/c1-9(2)17-22(19,20)8-7-15-13(18)16-11-10(3)12(21-6)14(11,4)5/h9-12,17H,7-8H2,1-6H3,(H2,15,16,18)/t10-,11-,12-/m1/s1. The van der Waals surface area contributed by atoms with Crippen molar-refractivity contribution in [3.63, 3.8) is 0 Å². The van der Waals surface area contributed by atoms with Crippen molar-refractivity contribution in [2.24, 2.45) is 11.3 Å². The van der Waals surface area contributed by atoms with Gasteiger partial charge in [0, 0.05) is 37.1 Å². The minimum atomic E-state index is -3.36. The molecule has 130 valence electrons. The molecule has 8 heteroatoms. The molecule has 0 radical (unpaired) electrons. The molecule has 0 heterocycles. The molecule has 0 aromatic rings. The van der Waals surface area contributed by atoms with E-state index in [4.69, 9.17) is 4.74 Å². The Kier molecular flexibility index (Phi) is 6.23. The summed E-state index contributed by atoms with van der Waals surface area (Å²) < 4.78 is 31.2. The third-order valence-electron chi connectivity index (χ3n) is 4.15. The second-order valence-corrected chi connectivity index (χ2v) is 8.68. The highest BCUT2D eigenvalue weighted by molar-refractivity contribution is 7.89. The van der Waals surface area contributed by atoms with Gasteiger partial charge in [-0.05, 0) is 13.8 Å². The quantitative estimate of drug-likeness (QED) is 0.637. The second-order valence-electron chi connectivity index (χ2n) is 6.81. The lowest BCUT2D eigenvalue weighted by Gasteiger charge is -2.56. The van der Waals surface area contributed by atoms with Crippen LogP contribution in [0.25, 0.3) is 0 Å². The van der Waals surface area contributed by atoms with E-state index in [2.05, 4.69) is 15.4 Å². The maximum atomic E-state index is 11.9. The number of methoxy groups -OCH3 is 1. The molecule has 0 aromatic carbocycles. The number of carbonyl (C=O) groups excluding carboxylic acids is 1. The van der Waals surface area contributed by atoms with E-state index in [1.165, 1.54) is 0 Å². The van der Waals surface area contributed by atoms with E-state index in [9.17, 15) is 13.2 Å². The van der Waals surface area contributed by atoms with Crippen molar-refractivity contribution in [3.8, 4) is 0 Å². The van der Waals surface area contributed by atoms with Crippen molar-refractivity contribution < 1.29 is 17.9 Å². The van der Waals surface area contributed by atoms with Gasteiger partial charge in [-0.1, -0.05) is 20.8 Å². The summed E-state index contributed by atoms with van der Waals surface area (Å²) in [6.45, 7) is 9.70. The zero-order valence-electron chi connectivity index (χ0n) is 14.3. The van der Waals surface area contributed by atoms with Crippen molar-refractivity contribution in [2.75, 3.05) is 19.4 Å². The van der Waals surface area contributed by atoms with E-state index in [1.54, 1.807) is 21.0 Å². The first kappa shape index (κ1) is 19.2. The molecule has 0 unspecified atom stereocenters. The SMILES string of the molecule is CO[C@@H]1[C@H](C)[C@@H](NC(=O)NCCS(=O)(=O)NC(C)C)C1(C)C. The molecule has 0 saturated heterocycles. The Balaban J connectivity index is 2.39. The fraction of sp³-hybridized carbons (Fsp3) is 0.929. The molecule has 1 saturated carbocycles. The molecule has 22 heavy (non-hydrogen) atoms. The maximum Gasteiger partial charge on any atom is 0.315 e. The van der Waals surface area contributed by atoms with E-state index >= 15 is 0 Å². The molecule has 0 aliphatic heterocycles. The Labute approximate surface area is 133 Å². The van der Waals surface area contributed by atoms with Crippen molar-refractivity contribution in [2.45, 2.75) is 52.8 Å². The van der Waals surface area contributed by atoms with Gasteiger partial charge in [0.25, 0.3) is 0 Å². The largest absolute Gasteiger partial charge is 0.380 e. The number of carbonyl (C=O) groups is 1. The van der Waals surface area contributed by atoms with Crippen LogP contribution in [-0.2, 0) is 14.8 Å². The van der Waals surface area contributed by atoms with Crippen molar-refractivity contribution in [3.05, 3.63) is 0 Å². The van der Waals surface area contributed by atoms with Crippen molar-refractivity contribution in [1.29, 1.82) is 0 Å². The van der Waals surface area contributed by atoms with Gasteiger partial charge in [-0.15, -0.1) is 0 Å². The van der Waals surface area contributed by atoms with Crippen LogP contribution in [0.2, 0.25) is 0 Å². The number of rotatable bonds is 7. The fourth-order valence-corrected chi connectivity index (χ4v) is 4.54. The molecule has 3 N–H and O–H groups in total. The van der Waals surface area contributed by atoms with Crippen LogP contribution in [0, 0.1) is 11.3 Å². The molecule has 1 aliphatic carbocycles. The number of ether oxygens (including phenoxy) is 1. The fourth-order valence-electron chi connectivity index (χ4n) is 3.33. The van der Waals surface area contributed by atoms with E-state index in [0.29, 0.717) is 0 Å². The Morgan fingerprint density at radius 2 is 1.91 bits per heavy atom. The van der Waals surface area contributed by atoms with Crippen LogP contribution in [0.15, 0.2) is 0 Å². The average Bonchev–Trinajstić information content (AvgIpc) is 2.34. The van der Waals surface area contributed by atoms with Crippen LogP contribution >= 0.6 is 0 Å². The first-order valence-corrected chi connectivity index (χ1v) is 9.23. The monoisotopic (exact) mass is 335 g/mol. The van der Waals surface area contributed by atoms with Gasteiger partial charge in [0.2, 0.25) is 10.0 Å². The summed E-state index contributed by atoms with van der Waals surface area (Å²) in [5.74, 6) is 0.0835. The van der Waals surface area contributed by atoms with E-state index < -0.39 is 10.0 Å². The molecule has 0 bridgehead atoms. The zero-order valence-corrected chi connectivity index (χ0v) is 15.1. The zero-order chi connectivity index (χ0) is 17.1. The molecule has 7 nitrogen and oxygen atoms in total. The molecule has 3 atom stereocenters. The molecule has 0 aromatic heterocycles. The van der Waals surface area contributed by atoms with E-state index in [1.807, 2.05) is 20.8 Å². The molecule has 0 spiro atoms. The molecule has 2 amide bonds. The molecule has 1 aliphatic rings. The van der Waals surface area contributed by atoms with Gasteiger partial charge in [0.05, 0.1) is 11.9 Å². The predicted octanol–water partition coefficient (Wildman–Crippen LogP) is 0.673. The van der Waals surface area contributed by atoms with Crippen LogP contribution in [0.5, 0.6) is 0 Å². The van der Waals surface area contributed by atoms with Crippen LogP contribution in [0.1, 0.15) is 34.6 Å². The summed E-state index contributed by atoms with van der Waals surface area (Å²) in [5.41, 5.74) is -0.142. The lowest BCUT2D eigenvalue weighted by molar-refractivity contribution is -0.140. The lowest BCUT2D eigenvalue weighted by Crippen LogP contribution is -2.68. The van der Waals surface area contributed by atoms with Crippen LogP contribution in [0.4, 0.5) is 4.79 Å². The Morgan fingerprint density at radius 3 is 2.36 bits per heavy atom. The van der Waals surface area contributed by atoms with E-state index in [-0.39, 0.29) is 47.8 Å². The minimum Gasteiger partial charge on any atom is -0.380 e. The number of hydrogen-bond donors (Lipinski definition) is 3. The van der Waals surface area contributed by atoms with E-state index in [0.717, 1.165) is 0 Å². The van der Waals surface area contributed by atoms with Gasteiger partial charge >= 0.3 is 6.03 Å². The summed E-state index contributed by atoms with van der Waals surface area (Å²) in [7, 11) is -1.68. The first-order valence-electron chi connectivity index (χ1n) is 7.58. The predicted molar refractivity (Wildman–Crippen MR) is 86.1 cm³/mol. The molecule has 1 rings (SSSR count). The molecule has 1 fully saturated rings. The highest BCUT2D eigenvalue weighted by Gasteiger charge is 2.55. The third-order valence-corrected chi connectivity index (χ3v) is 5.72. The number of sulfonamides is 1. The van der Waals surface area contributed by atoms with Gasteiger partial charge in [0.1, 0.15) is 0 Å². The van der Waals surface area contributed by atoms with Crippen molar-refractivity contribution in [1.82, 2.24) is 15.4 Å². The number of nitrogens with one attached hydrogen (secondary N) is 3. The highest BCUT2D eigenvalue weighted by atomic mass is 32.2. The van der Waals surface area contributed by atoms with Crippen LogP contribution in [0.3, 0.4) is 0 Å². The molecular weight excluding hydrogens is 306 g/mol. The normalized spacial score (nSPS) is 27.3. The van der Waals surface area contributed by atoms with Crippen molar-refractivity contribution >= 4 is 16.1 Å². The van der Waals surface area contributed by atoms with Gasteiger partial charge < -0.3 is 15.4 Å². The van der Waals surface area contributed by atoms with Crippen LogP contribution in [-0.4, -0.2) is 52.0 Å². The summed E-state index contributed by atoms with van der Waals surface area (Å²) in [4.78, 5) is 11.9. The summed E-state index contributed by atoms with van der Waals surface area (Å²) in [6, 6.07) is -0.497. The Bertz CT molecular complexity index is 490. The lowest BCUT2D eigenvalue weighted by atomic mass is 9.58. The maximum absolute atomic E-state index is 11.9. The summed E-state index contributed by atoms with van der Waals surface area (Å²) in [6.07, 6.45) is 0.105. The number of amides is 2. The average molecular weight is 335 g/mol. The van der Waals surface area contributed by atoms with Gasteiger partial charge in [0.15, 0.2) is 0 Å². The van der Waals surface area contributed by atoms with Gasteiger partial charge in [-0.2, -0.15) is 0 Å². The summed E-state index contributed by atoms with van der Waals surface area (Å²) in [5, 5.41) is 5.49. The van der Waals surface area contributed by atoms with Gasteiger partial charge in [-0.3, -0.25) is 0 Å². The number of hydrogen-bond acceptors (Lipinski definition) is 4. The number of urea groups is 1. The highest BCUT2D eigenvalue weighted by Crippen LogP contribution is 2.46. The second kappa shape index (κ2) is 7.14. The molecular formula is C14H29N3O4S. The minimum absolute atomic E-state index is 0.00264.